The van der Waals surface area contributed by atoms with Crippen molar-refractivity contribution in [2.45, 2.75) is 6.54 Å². The van der Waals surface area contributed by atoms with Crippen molar-refractivity contribution >= 4 is 11.7 Å². The first-order valence-electron chi connectivity index (χ1n) is 9.12. The van der Waals surface area contributed by atoms with E-state index in [4.69, 9.17) is 18.9 Å². The SMILES string of the molecule is COc1cccc(Cn2nccc2NC(=O)c2ccc3c(c2)OCCO3)c1OC. The van der Waals surface area contributed by atoms with E-state index < -0.39 is 0 Å². The van der Waals surface area contributed by atoms with Gasteiger partial charge in [0.1, 0.15) is 19.0 Å². The predicted molar refractivity (Wildman–Crippen MR) is 106 cm³/mol. The van der Waals surface area contributed by atoms with E-state index >= 15 is 0 Å². The van der Waals surface area contributed by atoms with Crippen LogP contribution in [-0.4, -0.2) is 43.1 Å². The molecule has 2 aromatic carbocycles. The molecule has 8 heteroatoms. The summed E-state index contributed by atoms with van der Waals surface area (Å²) in [5.41, 5.74) is 1.35. The molecule has 0 aliphatic carbocycles. The summed E-state index contributed by atoms with van der Waals surface area (Å²) in [5.74, 6) is 2.78. The molecule has 0 radical (unpaired) electrons. The lowest BCUT2D eigenvalue weighted by Crippen LogP contribution is -2.18. The molecule has 8 nitrogen and oxygen atoms in total. The molecule has 1 aliphatic heterocycles. The third-order valence-corrected chi connectivity index (χ3v) is 4.57. The molecule has 1 N–H and O–H groups in total. The summed E-state index contributed by atoms with van der Waals surface area (Å²) >= 11 is 0. The summed E-state index contributed by atoms with van der Waals surface area (Å²) in [6.45, 7) is 1.38. The summed E-state index contributed by atoms with van der Waals surface area (Å²) in [6, 6.07) is 12.5. The minimum Gasteiger partial charge on any atom is -0.493 e. The minimum absolute atomic E-state index is 0.263. The molecule has 0 atom stereocenters. The van der Waals surface area contributed by atoms with Gasteiger partial charge in [-0.3, -0.25) is 4.79 Å². The number of rotatable bonds is 6. The van der Waals surface area contributed by atoms with Crippen LogP contribution < -0.4 is 24.3 Å². The lowest BCUT2D eigenvalue weighted by Gasteiger charge is -2.18. The van der Waals surface area contributed by atoms with E-state index in [1.165, 1.54) is 0 Å². The molecule has 0 saturated carbocycles. The molecule has 0 saturated heterocycles. The summed E-state index contributed by atoms with van der Waals surface area (Å²) in [7, 11) is 3.18. The number of amides is 1. The van der Waals surface area contributed by atoms with Gasteiger partial charge in [-0.2, -0.15) is 5.10 Å². The van der Waals surface area contributed by atoms with E-state index in [-0.39, 0.29) is 5.91 Å². The van der Waals surface area contributed by atoms with Crippen molar-refractivity contribution in [1.82, 2.24) is 9.78 Å². The van der Waals surface area contributed by atoms with Crippen LogP contribution in [0.15, 0.2) is 48.7 Å². The number of hydrogen-bond acceptors (Lipinski definition) is 6. The van der Waals surface area contributed by atoms with Crippen molar-refractivity contribution in [3.8, 4) is 23.0 Å². The first kappa shape index (κ1) is 18.7. The molecule has 1 aliphatic rings. The van der Waals surface area contributed by atoms with Gasteiger partial charge in [-0.05, 0) is 24.3 Å². The molecule has 1 aromatic heterocycles. The summed E-state index contributed by atoms with van der Waals surface area (Å²) in [4.78, 5) is 12.7. The summed E-state index contributed by atoms with van der Waals surface area (Å²) < 4.78 is 23.6. The van der Waals surface area contributed by atoms with Crippen LogP contribution in [0, 0.1) is 0 Å². The topological polar surface area (TPSA) is 83.8 Å². The van der Waals surface area contributed by atoms with E-state index in [2.05, 4.69) is 10.4 Å². The van der Waals surface area contributed by atoms with Gasteiger partial charge in [0.2, 0.25) is 0 Å². The Labute approximate surface area is 168 Å². The highest BCUT2D eigenvalue weighted by molar-refractivity contribution is 6.04. The fourth-order valence-corrected chi connectivity index (χ4v) is 3.18. The monoisotopic (exact) mass is 395 g/mol. The Balaban J connectivity index is 1.54. The molecule has 0 bridgehead atoms. The molecule has 0 fully saturated rings. The quantitative estimate of drug-likeness (QED) is 0.691. The van der Waals surface area contributed by atoms with Crippen LogP contribution in [0.25, 0.3) is 0 Å². The average molecular weight is 395 g/mol. The molecule has 1 amide bonds. The fraction of sp³-hybridized carbons (Fsp3) is 0.238. The first-order chi connectivity index (χ1) is 14.2. The number of nitrogens with one attached hydrogen (secondary N) is 1. The van der Waals surface area contributed by atoms with E-state index in [0.29, 0.717) is 54.1 Å². The Morgan fingerprint density at radius 2 is 1.93 bits per heavy atom. The number of fused-ring (bicyclic) bond motifs is 1. The number of ether oxygens (including phenoxy) is 4. The highest BCUT2D eigenvalue weighted by Gasteiger charge is 2.17. The zero-order valence-electron chi connectivity index (χ0n) is 16.2. The fourth-order valence-electron chi connectivity index (χ4n) is 3.18. The number of nitrogens with zero attached hydrogens (tertiary/aromatic N) is 2. The second kappa shape index (κ2) is 8.14. The van der Waals surface area contributed by atoms with Crippen molar-refractivity contribution in [1.29, 1.82) is 0 Å². The molecule has 29 heavy (non-hydrogen) atoms. The van der Waals surface area contributed by atoms with Gasteiger partial charge in [0.25, 0.3) is 5.91 Å². The predicted octanol–water partition coefficient (Wildman–Crippen LogP) is 2.97. The van der Waals surface area contributed by atoms with Gasteiger partial charge in [-0.25, -0.2) is 4.68 Å². The molecule has 0 spiro atoms. The van der Waals surface area contributed by atoms with Crippen LogP contribution in [0.2, 0.25) is 0 Å². The molecular weight excluding hydrogens is 374 g/mol. The largest absolute Gasteiger partial charge is 0.493 e. The molecule has 150 valence electrons. The maximum atomic E-state index is 12.7. The molecule has 0 unspecified atom stereocenters. The number of methoxy groups -OCH3 is 2. The Hall–Kier alpha value is -3.68. The number of anilines is 1. The van der Waals surface area contributed by atoms with E-state index in [9.17, 15) is 4.79 Å². The molecule has 3 aromatic rings. The normalized spacial score (nSPS) is 12.3. The average Bonchev–Trinajstić information content (AvgIpc) is 3.19. The third-order valence-electron chi connectivity index (χ3n) is 4.57. The number of benzene rings is 2. The van der Waals surface area contributed by atoms with Gasteiger partial charge in [-0.1, -0.05) is 12.1 Å². The van der Waals surface area contributed by atoms with Crippen LogP contribution in [0.4, 0.5) is 5.82 Å². The number of para-hydroxylation sites is 1. The Bertz CT molecular complexity index is 1030. The molecule has 2 heterocycles. The van der Waals surface area contributed by atoms with Crippen molar-refractivity contribution in [2.24, 2.45) is 0 Å². The van der Waals surface area contributed by atoms with Crippen LogP contribution >= 0.6 is 0 Å². The second-order valence-corrected chi connectivity index (χ2v) is 6.34. The number of carbonyl (C=O) groups excluding carboxylic acids is 1. The number of aromatic nitrogens is 2. The maximum absolute atomic E-state index is 12.7. The smallest absolute Gasteiger partial charge is 0.256 e. The second-order valence-electron chi connectivity index (χ2n) is 6.34. The Kier molecular flexibility index (Phi) is 5.24. The summed E-state index contributed by atoms with van der Waals surface area (Å²) in [6.07, 6.45) is 1.63. The highest BCUT2D eigenvalue weighted by Crippen LogP contribution is 2.32. The van der Waals surface area contributed by atoms with Gasteiger partial charge in [-0.15, -0.1) is 0 Å². The van der Waals surface area contributed by atoms with Gasteiger partial charge in [0, 0.05) is 17.2 Å². The first-order valence-corrected chi connectivity index (χ1v) is 9.12. The van der Waals surface area contributed by atoms with Crippen molar-refractivity contribution in [3.63, 3.8) is 0 Å². The van der Waals surface area contributed by atoms with Gasteiger partial charge < -0.3 is 24.3 Å². The van der Waals surface area contributed by atoms with E-state index in [0.717, 1.165) is 5.56 Å². The molecule has 4 rings (SSSR count). The number of hydrogen-bond donors (Lipinski definition) is 1. The highest BCUT2D eigenvalue weighted by atomic mass is 16.6. The zero-order valence-corrected chi connectivity index (χ0v) is 16.2. The van der Waals surface area contributed by atoms with Crippen LogP contribution in [0.3, 0.4) is 0 Å². The van der Waals surface area contributed by atoms with Crippen molar-refractivity contribution < 1.29 is 23.7 Å². The van der Waals surface area contributed by atoms with Crippen molar-refractivity contribution in [2.75, 3.05) is 32.8 Å². The van der Waals surface area contributed by atoms with E-state index in [1.54, 1.807) is 49.4 Å². The van der Waals surface area contributed by atoms with Crippen molar-refractivity contribution in [3.05, 3.63) is 59.8 Å². The summed E-state index contributed by atoms with van der Waals surface area (Å²) in [5, 5.41) is 7.21. The van der Waals surface area contributed by atoms with E-state index in [1.807, 2.05) is 18.2 Å². The molecular formula is C21H21N3O5. The maximum Gasteiger partial charge on any atom is 0.256 e. The standard InChI is InChI=1S/C21H21N3O5/c1-26-17-5-3-4-15(20(17)27-2)13-24-19(8-9-22-24)23-21(25)14-6-7-16-18(12-14)29-11-10-28-16/h3-9,12H,10-11,13H2,1-2H3,(H,23,25). The van der Waals surface area contributed by atoms with Crippen LogP contribution in [0.5, 0.6) is 23.0 Å². The van der Waals surface area contributed by atoms with Gasteiger partial charge in [0.15, 0.2) is 23.0 Å². The Morgan fingerprint density at radius 1 is 1.10 bits per heavy atom. The van der Waals surface area contributed by atoms with Crippen LogP contribution in [0.1, 0.15) is 15.9 Å². The number of carbonyl (C=O) groups is 1. The minimum atomic E-state index is -0.263. The van der Waals surface area contributed by atoms with Gasteiger partial charge >= 0.3 is 0 Å². The Morgan fingerprint density at radius 3 is 2.72 bits per heavy atom. The van der Waals surface area contributed by atoms with Crippen LogP contribution in [-0.2, 0) is 6.54 Å². The lowest BCUT2D eigenvalue weighted by atomic mass is 10.1. The zero-order chi connectivity index (χ0) is 20.2. The van der Waals surface area contributed by atoms with Gasteiger partial charge in [0.05, 0.1) is 27.0 Å². The lowest BCUT2D eigenvalue weighted by molar-refractivity contribution is 0.102. The third kappa shape index (κ3) is 3.82.